The number of amides is 1. The monoisotopic (exact) mass is 400 g/mol. The molecule has 0 aliphatic carbocycles. The molecule has 6 nitrogen and oxygen atoms in total. The lowest BCUT2D eigenvalue weighted by Gasteiger charge is -2.13. The van der Waals surface area contributed by atoms with Gasteiger partial charge in [-0.25, -0.2) is 4.79 Å². The van der Waals surface area contributed by atoms with E-state index in [1.807, 2.05) is 60.7 Å². The zero-order valence-electron chi connectivity index (χ0n) is 16.4. The van der Waals surface area contributed by atoms with E-state index >= 15 is 0 Å². The van der Waals surface area contributed by atoms with E-state index in [-0.39, 0.29) is 5.91 Å². The van der Waals surface area contributed by atoms with Crippen LogP contribution in [0.3, 0.4) is 0 Å². The van der Waals surface area contributed by atoms with Gasteiger partial charge in [0.25, 0.3) is 5.91 Å². The van der Waals surface area contributed by atoms with Gasteiger partial charge in [-0.3, -0.25) is 4.79 Å². The number of carbonyl (C=O) groups is 2. The van der Waals surface area contributed by atoms with Crippen LogP contribution < -0.4 is 5.32 Å². The first-order valence-corrected chi connectivity index (χ1v) is 9.59. The van der Waals surface area contributed by atoms with Gasteiger partial charge in [0.15, 0.2) is 11.9 Å². The molecule has 1 aromatic heterocycles. The standard InChI is InChI=1S/C24H20N2O4/c1-16(23(27)25-15-17-8-4-2-5-9-17)29-24(28)19-12-13-21-20(14-19)22(30-26-21)18-10-6-3-7-11-18/h2-14,16H,15H2,1H3,(H,25,27)/t16-/m1/s1. The number of rotatable bonds is 6. The SMILES string of the molecule is C[C@@H](OC(=O)c1ccc2noc(-c3ccccc3)c2c1)C(=O)NCc1ccccc1. The highest BCUT2D eigenvalue weighted by atomic mass is 16.5. The number of nitrogens with one attached hydrogen (secondary N) is 1. The van der Waals surface area contributed by atoms with Gasteiger partial charge in [0.05, 0.1) is 10.9 Å². The van der Waals surface area contributed by atoms with Gasteiger partial charge < -0.3 is 14.6 Å². The number of esters is 1. The normalized spacial score (nSPS) is 11.8. The quantitative estimate of drug-likeness (QED) is 0.487. The van der Waals surface area contributed by atoms with E-state index in [1.54, 1.807) is 25.1 Å². The van der Waals surface area contributed by atoms with Crippen molar-refractivity contribution in [3.05, 3.63) is 90.0 Å². The largest absolute Gasteiger partial charge is 0.449 e. The number of aromatic nitrogens is 1. The first-order chi connectivity index (χ1) is 14.6. The van der Waals surface area contributed by atoms with Crippen LogP contribution in [0, 0.1) is 0 Å². The highest BCUT2D eigenvalue weighted by Gasteiger charge is 2.20. The van der Waals surface area contributed by atoms with Gasteiger partial charge in [0.2, 0.25) is 0 Å². The van der Waals surface area contributed by atoms with Crippen molar-refractivity contribution in [2.24, 2.45) is 0 Å². The van der Waals surface area contributed by atoms with Gasteiger partial charge in [-0.2, -0.15) is 0 Å². The molecular formula is C24H20N2O4. The molecule has 1 atom stereocenters. The molecule has 0 saturated heterocycles. The molecule has 1 N–H and O–H groups in total. The third-order valence-electron chi connectivity index (χ3n) is 4.71. The van der Waals surface area contributed by atoms with Gasteiger partial charge in [-0.1, -0.05) is 65.8 Å². The fourth-order valence-electron chi connectivity index (χ4n) is 3.08. The van der Waals surface area contributed by atoms with Gasteiger partial charge in [-0.15, -0.1) is 0 Å². The molecule has 30 heavy (non-hydrogen) atoms. The maximum atomic E-state index is 12.6. The molecule has 4 aromatic rings. The Balaban J connectivity index is 1.45. The summed E-state index contributed by atoms with van der Waals surface area (Å²) in [7, 11) is 0. The smallest absolute Gasteiger partial charge is 0.338 e. The Labute approximate surface area is 173 Å². The predicted octanol–water partition coefficient (Wildman–Crippen LogP) is 4.36. The van der Waals surface area contributed by atoms with Crippen LogP contribution in [0.25, 0.3) is 22.2 Å². The Bertz CT molecular complexity index is 1170. The Morgan fingerprint density at radius 1 is 1.00 bits per heavy atom. The lowest BCUT2D eigenvalue weighted by Crippen LogP contribution is -2.35. The van der Waals surface area contributed by atoms with Crippen molar-refractivity contribution in [3.63, 3.8) is 0 Å². The Morgan fingerprint density at radius 3 is 2.43 bits per heavy atom. The van der Waals surface area contributed by atoms with Crippen molar-refractivity contribution in [2.45, 2.75) is 19.6 Å². The van der Waals surface area contributed by atoms with Crippen molar-refractivity contribution in [1.29, 1.82) is 0 Å². The number of hydrogen-bond donors (Lipinski definition) is 1. The van der Waals surface area contributed by atoms with Crippen molar-refractivity contribution < 1.29 is 18.8 Å². The van der Waals surface area contributed by atoms with E-state index in [9.17, 15) is 9.59 Å². The molecule has 1 amide bonds. The molecule has 0 radical (unpaired) electrons. The van der Waals surface area contributed by atoms with Crippen LogP contribution in [-0.4, -0.2) is 23.1 Å². The second-order valence-corrected chi connectivity index (χ2v) is 6.86. The average Bonchev–Trinajstić information content (AvgIpc) is 3.22. The number of benzene rings is 3. The average molecular weight is 400 g/mol. The molecule has 1 heterocycles. The minimum atomic E-state index is -0.923. The lowest BCUT2D eigenvalue weighted by molar-refractivity contribution is -0.129. The molecule has 0 bridgehead atoms. The summed E-state index contributed by atoms with van der Waals surface area (Å²) in [6, 6.07) is 24.0. The Morgan fingerprint density at radius 2 is 1.70 bits per heavy atom. The summed E-state index contributed by atoms with van der Waals surface area (Å²) < 4.78 is 10.8. The molecule has 4 rings (SSSR count). The minimum absolute atomic E-state index is 0.325. The van der Waals surface area contributed by atoms with E-state index in [0.29, 0.717) is 28.8 Å². The summed E-state index contributed by atoms with van der Waals surface area (Å²) in [5.41, 5.74) is 2.79. The summed E-state index contributed by atoms with van der Waals surface area (Å²) in [5.74, 6) is -0.364. The zero-order chi connectivity index (χ0) is 20.9. The number of carbonyl (C=O) groups excluding carboxylic acids is 2. The number of hydrogen-bond acceptors (Lipinski definition) is 5. The van der Waals surface area contributed by atoms with E-state index < -0.39 is 12.1 Å². The number of fused-ring (bicyclic) bond motifs is 1. The zero-order valence-corrected chi connectivity index (χ0v) is 16.4. The molecule has 0 fully saturated rings. The molecule has 0 spiro atoms. The molecule has 150 valence electrons. The van der Waals surface area contributed by atoms with Crippen molar-refractivity contribution in [1.82, 2.24) is 10.5 Å². The van der Waals surface area contributed by atoms with E-state index in [1.165, 1.54) is 0 Å². The number of ether oxygens (including phenoxy) is 1. The molecule has 0 unspecified atom stereocenters. The second-order valence-electron chi connectivity index (χ2n) is 6.86. The van der Waals surface area contributed by atoms with Crippen LogP contribution in [0.5, 0.6) is 0 Å². The first-order valence-electron chi connectivity index (χ1n) is 9.59. The topological polar surface area (TPSA) is 81.4 Å². The van der Waals surface area contributed by atoms with E-state index in [0.717, 1.165) is 11.1 Å². The van der Waals surface area contributed by atoms with Crippen molar-refractivity contribution in [2.75, 3.05) is 0 Å². The van der Waals surface area contributed by atoms with Crippen LogP contribution in [0.1, 0.15) is 22.8 Å². The van der Waals surface area contributed by atoms with Crippen LogP contribution in [0.2, 0.25) is 0 Å². The summed E-state index contributed by atoms with van der Waals surface area (Å²) in [6.07, 6.45) is -0.923. The molecule has 0 aliphatic rings. The third-order valence-corrected chi connectivity index (χ3v) is 4.71. The van der Waals surface area contributed by atoms with E-state index in [4.69, 9.17) is 9.26 Å². The lowest BCUT2D eigenvalue weighted by atomic mass is 10.1. The van der Waals surface area contributed by atoms with Gasteiger partial charge in [0.1, 0.15) is 5.52 Å². The molecule has 3 aromatic carbocycles. The Kier molecular flexibility index (Phi) is 5.57. The molecule has 0 aliphatic heterocycles. The van der Waals surface area contributed by atoms with Gasteiger partial charge >= 0.3 is 5.97 Å². The van der Waals surface area contributed by atoms with Crippen molar-refractivity contribution >= 4 is 22.8 Å². The maximum Gasteiger partial charge on any atom is 0.338 e. The Hall–Kier alpha value is -3.93. The molecular weight excluding hydrogens is 380 g/mol. The highest BCUT2D eigenvalue weighted by Crippen LogP contribution is 2.29. The molecule has 0 saturated carbocycles. The highest BCUT2D eigenvalue weighted by molar-refractivity contribution is 5.99. The van der Waals surface area contributed by atoms with Crippen LogP contribution in [-0.2, 0) is 16.1 Å². The first kappa shape index (κ1) is 19.4. The van der Waals surface area contributed by atoms with Crippen molar-refractivity contribution in [3.8, 4) is 11.3 Å². The second kappa shape index (κ2) is 8.61. The predicted molar refractivity (Wildman–Crippen MR) is 113 cm³/mol. The number of nitrogens with zero attached hydrogens (tertiary/aromatic N) is 1. The minimum Gasteiger partial charge on any atom is -0.449 e. The fourth-order valence-corrected chi connectivity index (χ4v) is 3.08. The summed E-state index contributed by atoms with van der Waals surface area (Å²) >= 11 is 0. The van der Waals surface area contributed by atoms with Gasteiger partial charge in [-0.05, 0) is 30.7 Å². The van der Waals surface area contributed by atoms with Crippen LogP contribution in [0.15, 0.2) is 83.4 Å². The van der Waals surface area contributed by atoms with Crippen LogP contribution in [0.4, 0.5) is 0 Å². The molecule has 6 heteroatoms. The van der Waals surface area contributed by atoms with Gasteiger partial charge in [0, 0.05) is 12.1 Å². The maximum absolute atomic E-state index is 12.6. The third kappa shape index (κ3) is 4.22. The van der Waals surface area contributed by atoms with E-state index in [2.05, 4.69) is 10.5 Å². The summed E-state index contributed by atoms with van der Waals surface area (Å²) in [4.78, 5) is 24.9. The fraction of sp³-hybridized carbons (Fsp3) is 0.125. The summed E-state index contributed by atoms with van der Waals surface area (Å²) in [5, 5.41) is 7.52. The van der Waals surface area contributed by atoms with Crippen LogP contribution >= 0.6 is 0 Å². The summed E-state index contributed by atoms with van der Waals surface area (Å²) in [6.45, 7) is 1.92.